The topological polar surface area (TPSA) is 658 Å². The Balaban J connectivity index is 0.000000406. The number of ether oxygens (including phenoxy) is 12. The molecule has 6 fully saturated rings. The molecule has 0 spiro atoms. The Labute approximate surface area is 500 Å². The van der Waals surface area contributed by atoms with Crippen LogP contribution in [0.15, 0.2) is 4.99 Å². The second-order valence-electron chi connectivity index (χ2n) is 20.8. The molecule has 510 valence electrons. The van der Waals surface area contributed by atoms with Gasteiger partial charge < -0.3 is 163 Å². The van der Waals surface area contributed by atoms with E-state index in [1.807, 2.05) is 0 Å². The summed E-state index contributed by atoms with van der Waals surface area (Å²) < 4.78 is 95.0. The summed E-state index contributed by atoms with van der Waals surface area (Å²) in [5.41, 5.74) is 33.8. The Kier molecular flexibility index (Phi) is 31.1. The maximum atomic E-state index is 11.7. The second-order valence-corrected chi connectivity index (χ2v) is 22.2. The van der Waals surface area contributed by atoms with Crippen molar-refractivity contribution in [2.45, 2.75) is 219 Å². The molecule has 0 aromatic rings. The van der Waals surface area contributed by atoms with E-state index in [0.29, 0.717) is 0 Å². The Bertz CT molecular complexity index is 2260. The van der Waals surface area contributed by atoms with Gasteiger partial charge in [-0.3, -0.25) is 19.6 Å². The van der Waals surface area contributed by atoms with Gasteiger partial charge in [0, 0.05) is 28.1 Å². The molecule has 6 aliphatic rings. The summed E-state index contributed by atoms with van der Waals surface area (Å²) in [6.07, 6.45) is -29.3. The summed E-state index contributed by atoms with van der Waals surface area (Å²) in [6, 6.07) is -6.85. The molecule has 6 rings (SSSR count). The molecule has 0 aromatic heterocycles. The van der Waals surface area contributed by atoms with Crippen LogP contribution in [0, 0.1) is 5.41 Å². The van der Waals surface area contributed by atoms with Crippen molar-refractivity contribution in [1.82, 2.24) is 10.6 Å². The number of hydrogen-bond acceptors (Lipinski definition) is 33. The number of amides is 2. The average Bonchev–Trinajstić information content (AvgIpc) is 1.48. The first-order valence-corrected chi connectivity index (χ1v) is 28.3. The Hall–Kier alpha value is -3.49. The number of rotatable bonds is 19. The van der Waals surface area contributed by atoms with E-state index in [9.17, 15) is 79.3 Å². The van der Waals surface area contributed by atoms with Gasteiger partial charge in [-0.2, -0.15) is 8.42 Å². The highest BCUT2D eigenvalue weighted by atomic mass is 32.2. The van der Waals surface area contributed by atoms with Crippen molar-refractivity contribution in [3.63, 3.8) is 0 Å². The third-order valence-electron chi connectivity index (χ3n) is 14.8. The highest BCUT2D eigenvalue weighted by Crippen LogP contribution is 2.35. The lowest BCUT2D eigenvalue weighted by molar-refractivity contribution is -0.344. The number of aliphatic imine (C=N–C) groups is 1. The third-order valence-corrected chi connectivity index (χ3v) is 15.4. The Morgan fingerprint density at radius 3 is 1.02 bits per heavy atom. The van der Waals surface area contributed by atoms with Gasteiger partial charge in [0.05, 0.1) is 82.1 Å². The van der Waals surface area contributed by atoms with Crippen LogP contribution >= 0.6 is 0 Å². The number of carbonyl (C=O) groups is 2. The highest BCUT2D eigenvalue weighted by molar-refractivity contribution is 8.01. The molecule has 40 heteroatoms. The van der Waals surface area contributed by atoms with E-state index in [1.54, 1.807) is 13.8 Å². The predicted octanol–water partition coefficient (Wildman–Crippen LogP) is -12.8. The molecule has 87 heavy (non-hydrogen) atoms. The van der Waals surface area contributed by atoms with Gasteiger partial charge in [-0.25, -0.2) is 4.99 Å². The highest BCUT2D eigenvalue weighted by Gasteiger charge is 2.56. The molecule has 0 aliphatic carbocycles. The van der Waals surface area contributed by atoms with Crippen LogP contribution in [0.5, 0.6) is 0 Å². The molecule has 6 aliphatic heterocycles. The van der Waals surface area contributed by atoms with Crippen LogP contribution in [0.4, 0.5) is 0 Å². The summed E-state index contributed by atoms with van der Waals surface area (Å²) in [7, 11) is -1.75. The lowest BCUT2D eigenvalue weighted by atomic mass is 9.92. The first-order chi connectivity index (χ1) is 40.3. The van der Waals surface area contributed by atoms with E-state index in [1.165, 1.54) is 28.1 Å². The van der Waals surface area contributed by atoms with Crippen molar-refractivity contribution in [1.29, 1.82) is 5.41 Å². The standard InChI is InChI=1S/C23H43N5O13.C22H41N3O13.CH4N2O3S.CH4/c1-7-13(27-8(2)32)16(34)19(10(5-30)37-7)41-22-14(28-23(25)26)17(35)20(11(6-31)39-22)40-21-12(24)15(33)18(36-3)9(4-29)38-21;1-7-14(25-8(2)29)17(32)20(10(5-27)34-7)38-22-13(24)16(31)19(11(6-28)36-22)37-21-12(23)15(30)18(33-3)9(4-26)35-21;2-1(3)7(4,5)6;/h7,9-22,29-31,33-35H,4-6,24H2,1-3H3,(H,27,32)(H4,25,26,28);7,9-22,26-28,30-32H,4-6,23-24H2,1-3H3,(H,25,29);(H3,2,3)(H,4,5,6);1H4. The van der Waals surface area contributed by atoms with Crippen LogP contribution in [0.25, 0.3) is 0 Å². The number of aliphatic hydroxyl groups excluding tert-OH is 12. The van der Waals surface area contributed by atoms with E-state index in [-0.39, 0.29) is 7.43 Å². The zero-order valence-electron chi connectivity index (χ0n) is 47.7. The van der Waals surface area contributed by atoms with Gasteiger partial charge in [0.25, 0.3) is 0 Å². The first-order valence-electron chi connectivity index (χ1n) is 26.9. The van der Waals surface area contributed by atoms with Gasteiger partial charge >= 0.3 is 10.1 Å². The molecule has 6 heterocycles. The molecule has 0 saturated carbocycles. The van der Waals surface area contributed by atoms with Crippen LogP contribution < -0.4 is 45.0 Å². The van der Waals surface area contributed by atoms with E-state index in [0.717, 1.165) is 0 Å². The number of nitrogens with one attached hydrogen (secondary N) is 3. The molecular formula is C47H92N10O29S. The van der Waals surface area contributed by atoms with Crippen molar-refractivity contribution in [2.24, 2.45) is 39.4 Å². The van der Waals surface area contributed by atoms with Gasteiger partial charge in [0.15, 0.2) is 31.1 Å². The van der Waals surface area contributed by atoms with E-state index in [2.05, 4.69) is 21.4 Å². The molecule has 6 saturated heterocycles. The maximum Gasteiger partial charge on any atom is 0.327 e. The smallest absolute Gasteiger partial charge is 0.327 e. The van der Waals surface area contributed by atoms with Gasteiger partial charge in [-0.05, 0) is 13.8 Å². The van der Waals surface area contributed by atoms with E-state index in [4.69, 9.17) is 95.5 Å². The number of guanidine groups is 1. The van der Waals surface area contributed by atoms with Crippen molar-refractivity contribution >= 4 is 33.1 Å². The Morgan fingerprint density at radius 1 is 0.494 bits per heavy atom. The molecular weight excluding hydrogens is 1200 g/mol. The van der Waals surface area contributed by atoms with Crippen LogP contribution in [0.2, 0.25) is 0 Å². The van der Waals surface area contributed by atoms with Crippen molar-refractivity contribution in [3.8, 4) is 0 Å². The summed E-state index contributed by atoms with van der Waals surface area (Å²) in [4.78, 5) is 27.3. The number of aliphatic hydroxyl groups is 12. The molecule has 0 bridgehead atoms. The van der Waals surface area contributed by atoms with Crippen molar-refractivity contribution < 1.29 is 141 Å². The number of amidine groups is 1. The molecule has 39 nitrogen and oxygen atoms in total. The van der Waals surface area contributed by atoms with Crippen LogP contribution in [0.3, 0.4) is 0 Å². The number of nitrogens with zero attached hydrogens (tertiary/aromatic N) is 1. The minimum absolute atomic E-state index is 0. The quantitative estimate of drug-likeness (QED) is 0.0324. The van der Waals surface area contributed by atoms with E-state index >= 15 is 0 Å². The van der Waals surface area contributed by atoms with Gasteiger partial charge in [-0.1, -0.05) is 7.43 Å². The lowest BCUT2D eigenvalue weighted by Crippen LogP contribution is -2.69. The minimum Gasteiger partial charge on any atom is -0.394 e. The zero-order valence-corrected chi connectivity index (χ0v) is 48.5. The largest absolute Gasteiger partial charge is 0.394 e. The van der Waals surface area contributed by atoms with Gasteiger partial charge in [-0.15, -0.1) is 0 Å². The molecule has 0 aromatic carbocycles. The molecule has 30 atom stereocenters. The minimum atomic E-state index is -4.38. The van der Waals surface area contributed by atoms with Crippen LogP contribution in [0.1, 0.15) is 35.1 Å². The fourth-order valence-electron chi connectivity index (χ4n) is 10.4. The average molecular weight is 1290 g/mol. The monoisotopic (exact) mass is 1290 g/mol. The third kappa shape index (κ3) is 19.3. The molecule has 28 N–H and O–H groups in total. The normalized spacial score (nSPS) is 43.1. The molecule has 30 unspecified atom stereocenters. The number of carbonyl (C=O) groups excluding carboxylic acids is 2. The summed E-state index contributed by atoms with van der Waals surface area (Å²) in [5, 5.41) is 134. The lowest BCUT2D eigenvalue weighted by Gasteiger charge is -2.49. The number of nitrogens with two attached hydrogens (primary N) is 6. The fraction of sp³-hybridized carbons (Fsp3) is 0.915. The first kappa shape index (κ1) is 77.8. The van der Waals surface area contributed by atoms with E-state index < -0.39 is 256 Å². The van der Waals surface area contributed by atoms with Crippen LogP contribution in [-0.2, 0) is 76.5 Å². The molecule has 0 radical (unpaired) electrons. The van der Waals surface area contributed by atoms with Gasteiger partial charge in [0.2, 0.25) is 17.0 Å². The van der Waals surface area contributed by atoms with Crippen molar-refractivity contribution in [3.05, 3.63) is 0 Å². The molecule has 2 amide bonds. The fourth-order valence-corrected chi connectivity index (χ4v) is 10.4. The number of methoxy groups -OCH3 is 2. The summed E-state index contributed by atoms with van der Waals surface area (Å²) >= 11 is 0. The summed E-state index contributed by atoms with van der Waals surface area (Å²) in [5.74, 6) is -1.33. The zero-order chi connectivity index (χ0) is 65.0. The SMILES string of the molecule is C.COC1C(CO)OC(OC2C(CO)OC(OC3C(CO)OC(C)C(NC(C)=O)C3O)C(N)C2O)C(N)C1O.COC1C(CO)OC(OC2C(CO)OC(OC3C(CO)OC(C)C(NC(C)=O)C3O)C(N=C(N)N)C2O)C(N)C1O.N=C(N)S(=O)(=O)O. The van der Waals surface area contributed by atoms with Crippen LogP contribution in [-0.4, -0.2) is 335 Å². The van der Waals surface area contributed by atoms with Crippen molar-refractivity contribution in [2.75, 3.05) is 53.9 Å². The predicted molar refractivity (Wildman–Crippen MR) is 292 cm³/mol. The van der Waals surface area contributed by atoms with Gasteiger partial charge in [0.1, 0.15) is 116 Å². The maximum absolute atomic E-state index is 11.7. The second kappa shape index (κ2) is 34.8. The number of hydrogen-bond donors (Lipinski definition) is 22. The summed E-state index contributed by atoms with van der Waals surface area (Å²) in [6.45, 7) is 2.19. The Morgan fingerprint density at radius 2 is 0.747 bits per heavy atom.